The van der Waals surface area contributed by atoms with Crippen LogP contribution >= 0.6 is 23.5 Å². The topological polar surface area (TPSA) is 32.3 Å². The summed E-state index contributed by atoms with van der Waals surface area (Å²) in [6.45, 7) is 0.505. The van der Waals surface area contributed by atoms with Gasteiger partial charge in [-0.05, 0) is 30.2 Å². The molecule has 0 heterocycles. The largest absolute Gasteiger partial charge is 0.316 e. The highest BCUT2D eigenvalue weighted by atomic mass is 32.2. The smallest absolute Gasteiger partial charge is 0.0469 e. The normalized spacial score (nSPS) is 10.4. The van der Waals surface area contributed by atoms with Crippen LogP contribution in [0.15, 0.2) is 28.0 Å². The highest BCUT2D eigenvalue weighted by Crippen LogP contribution is 2.25. The zero-order valence-electron chi connectivity index (χ0n) is 7.70. The van der Waals surface area contributed by atoms with Crippen LogP contribution in [-0.4, -0.2) is 17.7 Å². The number of hydrogen-bond acceptors (Lipinski definition) is 4. The molecule has 1 aromatic rings. The van der Waals surface area contributed by atoms with Crippen LogP contribution in [0.25, 0.3) is 0 Å². The molecule has 2 N–H and O–H groups in total. The molecule has 72 valence electrons. The van der Waals surface area contributed by atoms with Crippen molar-refractivity contribution in [1.82, 2.24) is 5.48 Å². The molecule has 1 aromatic carbocycles. The van der Waals surface area contributed by atoms with Gasteiger partial charge in [0.25, 0.3) is 0 Å². The maximum Gasteiger partial charge on any atom is 0.0469 e. The lowest BCUT2D eigenvalue weighted by Gasteiger charge is -2.07. The Labute approximate surface area is 87.1 Å². The number of thioether (sulfide) groups is 2. The quantitative estimate of drug-likeness (QED) is 0.597. The van der Waals surface area contributed by atoms with Crippen LogP contribution in [0.1, 0.15) is 5.56 Å². The third kappa shape index (κ3) is 2.91. The van der Waals surface area contributed by atoms with Crippen molar-refractivity contribution >= 4 is 23.5 Å². The molecule has 0 unspecified atom stereocenters. The van der Waals surface area contributed by atoms with Crippen molar-refractivity contribution in [2.24, 2.45) is 0 Å². The summed E-state index contributed by atoms with van der Waals surface area (Å²) in [7, 11) is 0. The van der Waals surface area contributed by atoms with Crippen LogP contribution in [0.2, 0.25) is 0 Å². The van der Waals surface area contributed by atoms with Gasteiger partial charge in [0.15, 0.2) is 0 Å². The van der Waals surface area contributed by atoms with E-state index in [0.29, 0.717) is 6.54 Å². The van der Waals surface area contributed by atoms with E-state index in [9.17, 15) is 0 Å². The van der Waals surface area contributed by atoms with Gasteiger partial charge >= 0.3 is 0 Å². The number of hydrogen-bond donors (Lipinski definition) is 2. The summed E-state index contributed by atoms with van der Waals surface area (Å²) in [6.07, 6.45) is 4.10. The van der Waals surface area contributed by atoms with Crippen LogP contribution in [0.3, 0.4) is 0 Å². The van der Waals surface area contributed by atoms with Crippen LogP contribution in [0.5, 0.6) is 0 Å². The molecule has 0 aliphatic rings. The van der Waals surface area contributed by atoms with E-state index < -0.39 is 0 Å². The summed E-state index contributed by atoms with van der Waals surface area (Å²) in [4.78, 5) is 2.47. The zero-order valence-corrected chi connectivity index (χ0v) is 9.34. The molecular weight excluding hydrogens is 202 g/mol. The molecule has 4 heteroatoms. The van der Waals surface area contributed by atoms with E-state index in [0.717, 1.165) is 5.56 Å². The summed E-state index contributed by atoms with van der Waals surface area (Å²) >= 11 is 3.43. The minimum absolute atomic E-state index is 0.505. The summed E-state index contributed by atoms with van der Waals surface area (Å²) in [5.41, 5.74) is 3.31. The lowest BCUT2D eigenvalue weighted by atomic mass is 10.2. The van der Waals surface area contributed by atoms with Crippen molar-refractivity contribution in [1.29, 1.82) is 0 Å². The fraction of sp³-hybridized carbons (Fsp3) is 0.333. The number of hydroxylamine groups is 1. The molecule has 0 aliphatic heterocycles. The van der Waals surface area contributed by atoms with Gasteiger partial charge in [-0.25, -0.2) is 5.48 Å². The van der Waals surface area contributed by atoms with Gasteiger partial charge in [-0.1, -0.05) is 6.07 Å². The van der Waals surface area contributed by atoms with Gasteiger partial charge in [0.1, 0.15) is 0 Å². The van der Waals surface area contributed by atoms with Crippen molar-refractivity contribution in [2.45, 2.75) is 16.3 Å². The minimum atomic E-state index is 0.505. The maximum absolute atomic E-state index is 8.60. The number of nitrogens with one attached hydrogen (secondary N) is 1. The van der Waals surface area contributed by atoms with E-state index in [-0.39, 0.29) is 0 Å². The summed E-state index contributed by atoms with van der Waals surface area (Å²) < 4.78 is 0. The maximum atomic E-state index is 8.60. The van der Waals surface area contributed by atoms with E-state index in [1.807, 2.05) is 12.3 Å². The highest BCUT2D eigenvalue weighted by molar-refractivity contribution is 7.99. The Morgan fingerprint density at radius 3 is 2.62 bits per heavy atom. The first-order valence-corrected chi connectivity index (χ1v) is 6.34. The van der Waals surface area contributed by atoms with Gasteiger partial charge < -0.3 is 5.21 Å². The molecule has 13 heavy (non-hydrogen) atoms. The monoisotopic (exact) mass is 215 g/mol. The second kappa shape index (κ2) is 5.54. The molecule has 0 bridgehead atoms. The molecule has 0 aromatic heterocycles. The predicted octanol–water partition coefficient (Wildman–Crippen LogP) is 2.61. The van der Waals surface area contributed by atoms with Crippen molar-refractivity contribution in [3.05, 3.63) is 23.8 Å². The Morgan fingerprint density at radius 2 is 2.08 bits per heavy atom. The SMILES string of the molecule is CSc1ccc(CNO)c(SC)c1. The lowest BCUT2D eigenvalue weighted by Crippen LogP contribution is -2.06. The van der Waals surface area contributed by atoms with Gasteiger partial charge in [-0.15, -0.1) is 23.5 Å². The van der Waals surface area contributed by atoms with E-state index >= 15 is 0 Å². The summed E-state index contributed by atoms with van der Waals surface area (Å²) in [5.74, 6) is 0. The fourth-order valence-electron chi connectivity index (χ4n) is 1.08. The van der Waals surface area contributed by atoms with Crippen molar-refractivity contribution < 1.29 is 5.21 Å². The molecule has 2 nitrogen and oxygen atoms in total. The average molecular weight is 215 g/mol. The molecular formula is C9H13NOS2. The van der Waals surface area contributed by atoms with Crippen LogP contribution in [0, 0.1) is 0 Å². The lowest BCUT2D eigenvalue weighted by molar-refractivity contribution is 0.160. The van der Waals surface area contributed by atoms with Crippen LogP contribution in [0.4, 0.5) is 0 Å². The second-order valence-electron chi connectivity index (χ2n) is 2.51. The number of rotatable bonds is 4. The molecule has 0 radical (unpaired) electrons. The molecule has 0 aliphatic carbocycles. The molecule has 0 fully saturated rings. The molecule has 0 atom stereocenters. The van der Waals surface area contributed by atoms with Gasteiger partial charge in [0, 0.05) is 16.3 Å². The van der Waals surface area contributed by atoms with Crippen LogP contribution < -0.4 is 5.48 Å². The van der Waals surface area contributed by atoms with Crippen molar-refractivity contribution in [3.63, 3.8) is 0 Å². The van der Waals surface area contributed by atoms with Gasteiger partial charge in [0.2, 0.25) is 0 Å². The third-order valence-corrected chi connectivity index (χ3v) is 3.31. The zero-order chi connectivity index (χ0) is 9.68. The van der Waals surface area contributed by atoms with Gasteiger partial charge in [-0.2, -0.15) is 0 Å². The minimum Gasteiger partial charge on any atom is -0.316 e. The Bertz CT molecular complexity index is 278. The molecule has 0 spiro atoms. The predicted molar refractivity (Wildman–Crippen MR) is 58.6 cm³/mol. The second-order valence-corrected chi connectivity index (χ2v) is 4.24. The first-order chi connectivity index (χ1) is 6.31. The van der Waals surface area contributed by atoms with E-state index in [4.69, 9.17) is 5.21 Å². The average Bonchev–Trinajstić information content (AvgIpc) is 2.19. The van der Waals surface area contributed by atoms with E-state index in [1.54, 1.807) is 23.5 Å². The molecule has 0 saturated carbocycles. The van der Waals surface area contributed by atoms with Gasteiger partial charge in [-0.3, -0.25) is 0 Å². The third-order valence-electron chi connectivity index (χ3n) is 1.76. The number of benzene rings is 1. The summed E-state index contributed by atoms with van der Waals surface area (Å²) in [6, 6.07) is 6.25. The molecule has 1 rings (SSSR count). The highest BCUT2D eigenvalue weighted by Gasteiger charge is 2.01. The van der Waals surface area contributed by atoms with Crippen LogP contribution in [-0.2, 0) is 6.54 Å². The molecule has 0 amide bonds. The Morgan fingerprint density at radius 1 is 1.31 bits per heavy atom. The van der Waals surface area contributed by atoms with E-state index in [2.05, 4.69) is 23.9 Å². The first-order valence-electron chi connectivity index (χ1n) is 3.89. The standard InChI is InChI=1S/C9H13NOS2/c1-12-8-4-3-7(6-10-11)9(5-8)13-2/h3-5,10-11H,6H2,1-2H3. The Balaban J connectivity index is 2.93. The van der Waals surface area contributed by atoms with Crippen molar-refractivity contribution in [2.75, 3.05) is 12.5 Å². The summed E-state index contributed by atoms with van der Waals surface area (Å²) in [5, 5.41) is 8.60. The molecule has 0 saturated heterocycles. The first kappa shape index (κ1) is 10.9. The van der Waals surface area contributed by atoms with Gasteiger partial charge in [0.05, 0.1) is 0 Å². The Hall–Kier alpha value is -0.160. The fourth-order valence-corrected chi connectivity index (χ4v) is 2.24. The van der Waals surface area contributed by atoms with E-state index in [1.165, 1.54) is 9.79 Å². The Kier molecular flexibility index (Phi) is 4.66. The van der Waals surface area contributed by atoms with Crippen molar-refractivity contribution in [3.8, 4) is 0 Å².